The second-order valence-corrected chi connectivity index (χ2v) is 5.34. The monoisotopic (exact) mass is 251 g/mol. The predicted molar refractivity (Wildman–Crippen MR) is 66.3 cm³/mol. The third kappa shape index (κ3) is 3.09. The molecule has 1 aromatic rings. The summed E-state index contributed by atoms with van der Waals surface area (Å²) in [4.78, 5) is 4.46. The van der Waals surface area contributed by atoms with Crippen molar-refractivity contribution < 1.29 is 9.26 Å². The van der Waals surface area contributed by atoms with Crippen LogP contribution in [0, 0.1) is 5.92 Å². The van der Waals surface area contributed by atoms with Crippen LogP contribution < -0.4 is 5.32 Å². The van der Waals surface area contributed by atoms with E-state index in [-0.39, 0.29) is 0 Å². The van der Waals surface area contributed by atoms with Crippen LogP contribution in [0.1, 0.15) is 37.4 Å². The normalized spacial score (nSPS) is 28.0. The van der Waals surface area contributed by atoms with Crippen molar-refractivity contribution in [3.63, 3.8) is 0 Å². The number of rotatable bonds is 5. The fourth-order valence-electron chi connectivity index (χ4n) is 2.77. The van der Waals surface area contributed by atoms with E-state index >= 15 is 0 Å². The van der Waals surface area contributed by atoms with Gasteiger partial charge in [0.1, 0.15) is 0 Å². The van der Waals surface area contributed by atoms with Crippen molar-refractivity contribution in [3.8, 4) is 0 Å². The van der Waals surface area contributed by atoms with Gasteiger partial charge in [-0.05, 0) is 44.7 Å². The van der Waals surface area contributed by atoms with Crippen molar-refractivity contribution in [2.24, 2.45) is 5.92 Å². The van der Waals surface area contributed by atoms with E-state index in [0.29, 0.717) is 6.10 Å². The molecule has 2 atom stereocenters. The van der Waals surface area contributed by atoms with E-state index in [1.54, 1.807) is 0 Å². The molecule has 2 saturated heterocycles. The topological polar surface area (TPSA) is 60.2 Å². The van der Waals surface area contributed by atoms with Gasteiger partial charge in [-0.25, -0.2) is 0 Å². The maximum Gasteiger partial charge on any atom is 0.226 e. The fourth-order valence-corrected chi connectivity index (χ4v) is 2.77. The average Bonchev–Trinajstić information content (AvgIpc) is 3.09. The van der Waals surface area contributed by atoms with E-state index < -0.39 is 0 Å². The number of hydrogen-bond donors (Lipinski definition) is 1. The first kappa shape index (κ1) is 12.1. The van der Waals surface area contributed by atoms with E-state index in [1.165, 1.54) is 6.42 Å². The van der Waals surface area contributed by atoms with Gasteiger partial charge in [-0.3, -0.25) is 0 Å². The second-order valence-electron chi connectivity index (χ2n) is 5.34. The molecule has 0 radical (unpaired) electrons. The number of aromatic nitrogens is 2. The highest BCUT2D eigenvalue weighted by molar-refractivity contribution is 4.90. The first-order valence-corrected chi connectivity index (χ1v) is 7.04. The zero-order chi connectivity index (χ0) is 12.2. The second kappa shape index (κ2) is 5.80. The Balaban J connectivity index is 1.46. The van der Waals surface area contributed by atoms with Gasteiger partial charge in [-0.2, -0.15) is 4.98 Å². The minimum atomic E-state index is 0.300. The minimum absolute atomic E-state index is 0.300. The number of ether oxygens (including phenoxy) is 1. The van der Waals surface area contributed by atoms with Crippen LogP contribution in [-0.2, 0) is 17.6 Å². The van der Waals surface area contributed by atoms with Gasteiger partial charge < -0.3 is 14.6 Å². The molecule has 5 heteroatoms. The lowest BCUT2D eigenvalue weighted by Crippen LogP contribution is -2.10. The SMILES string of the molecule is C1COC(Cc2noc(CCC3CCNC3)n2)C1. The van der Waals surface area contributed by atoms with Crippen LogP contribution >= 0.6 is 0 Å². The summed E-state index contributed by atoms with van der Waals surface area (Å²) < 4.78 is 10.9. The van der Waals surface area contributed by atoms with Crippen molar-refractivity contribution in [2.75, 3.05) is 19.7 Å². The summed E-state index contributed by atoms with van der Waals surface area (Å²) in [6.45, 7) is 3.17. The fraction of sp³-hybridized carbons (Fsp3) is 0.846. The quantitative estimate of drug-likeness (QED) is 0.855. The molecule has 5 nitrogen and oxygen atoms in total. The summed E-state index contributed by atoms with van der Waals surface area (Å²) in [5, 5.41) is 7.42. The lowest BCUT2D eigenvalue weighted by Gasteiger charge is -2.04. The summed E-state index contributed by atoms with van der Waals surface area (Å²) >= 11 is 0. The maximum absolute atomic E-state index is 5.58. The summed E-state index contributed by atoms with van der Waals surface area (Å²) in [5.41, 5.74) is 0. The van der Waals surface area contributed by atoms with Gasteiger partial charge in [0.05, 0.1) is 6.10 Å². The largest absolute Gasteiger partial charge is 0.378 e. The maximum atomic E-state index is 5.58. The highest BCUT2D eigenvalue weighted by Crippen LogP contribution is 2.17. The van der Waals surface area contributed by atoms with Crippen LogP contribution in [-0.4, -0.2) is 35.9 Å². The molecule has 1 aromatic heterocycles. The van der Waals surface area contributed by atoms with E-state index in [9.17, 15) is 0 Å². The molecule has 0 saturated carbocycles. The van der Waals surface area contributed by atoms with Crippen LogP contribution in [0.15, 0.2) is 4.52 Å². The third-order valence-corrected chi connectivity index (χ3v) is 3.87. The van der Waals surface area contributed by atoms with Crippen LogP contribution in [0.4, 0.5) is 0 Å². The van der Waals surface area contributed by atoms with Crippen molar-refractivity contribution in [2.45, 2.75) is 44.6 Å². The van der Waals surface area contributed by atoms with Crippen molar-refractivity contribution in [1.82, 2.24) is 15.5 Å². The Morgan fingerprint density at radius 1 is 1.33 bits per heavy atom. The molecule has 18 heavy (non-hydrogen) atoms. The lowest BCUT2D eigenvalue weighted by molar-refractivity contribution is 0.109. The number of nitrogens with zero attached hydrogens (tertiary/aromatic N) is 2. The van der Waals surface area contributed by atoms with Gasteiger partial charge in [-0.15, -0.1) is 0 Å². The first-order chi connectivity index (χ1) is 8.90. The van der Waals surface area contributed by atoms with Crippen molar-refractivity contribution >= 4 is 0 Å². The van der Waals surface area contributed by atoms with Crippen LogP contribution in [0.3, 0.4) is 0 Å². The molecular weight excluding hydrogens is 230 g/mol. The Hall–Kier alpha value is -0.940. The molecule has 2 unspecified atom stereocenters. The molecule has 0 amide bonds. The van der Waals surface area contributed by atoms with Crippen molar-refractivity contribution in [1.29, 1.82) is 0 Å². The van der Waals surface area contributed by atoms with E-state index in [0.717, 1.165) is 69.4 Å². The summed E-state index contributed by atoms with van der Waals surface area (Å²) in [6, 6.07) is 0. The van der Waals surface area contributed by atoms with Gasteiger partial charge >= 0.3 is 0 Å². The number of aryl methyl sites for hydroxylation is 1. The summed E-state index contributed by atoms with van der Waals surface area (Å²) in [7, 11) is 0. The Morgan fingerprint density at radius 2 is 2.33 bits per heavy atom. The zero-order valence-electron chi connectivity index (χ0n) is 10.7. The zero-order valence-corrected chi connectivity index (χ0v) is 10.7. The Kier molecular flexibility index (Phi) is 3.90. The molecule has 3 rings (SSSR count). The smallest absolute Gasteiger partial charge is 0.226 e. The molecule has 2 fully saturated rings. The van der Waals surface area contributed by atoms with Crippen LogP contribution in [0.25, 0.3) is 0 Å². The van der Waals surface area contributed by atoms with E-state index in [1.807, 2.05) is 0 Å². The summed E-state index contributed by atoms with van der Waals surface area (Å²) in [6.07, 6.45) is 6.71. The summed E-state index contributed by atoms with van der Waals surface area (Å²) in [5.74, 6) is 2.37. The van der Waals surface area contributed by atoms with Crippen LogP contribution in [0.5, 0.6) is 0 Å². The molecule has 100 valence electrons. The van der Waals surface area contributed by atoms with E-state index in [4.69, 9.17) is 9.26 Å². The number of nitrogens with one attached hydrogen (secondary N) is 1. The highest BCUT2D eigenvalue weighted by Gasteiger charge is 2.20. The Bertz CT molecular complexity index is 368. The van der Waals surface area contributed by atoms with Gasteiger partial charge in [0.15, 0.2) is 5.82 Å². The Labute approximate surface area is 107 Å². The molecule has 0 spiro atoms. The van der Waals surface area contributed by atoms with Gasteiger partial charge in [0.2, 0.25) is 5.89 Å². The molecule has 0 aromatic carbocycles. The average molecular weight is 251 g/mol. The lowest BCUT2D eigenvalue weighted by atomic mass is 10.0. The van der Waals surface area contributed by atoms with Gasteiger partial charge in [0.25, 0.3) is 0 Å². The Morgan fingerprint density at radius 3 is 3.11 bits per heavy atom. The first-order valence-electron chi connectivity index (χ1n) is 7.04. The predicted octanol–water partition coefficient (Wildman–Crippen LogP) is 1.33. The molecule has 2 aliphatic heterocycles. The van der Waals surface area contributed by atoms with Gasteiger partial charge in [0, 0.05) is 19.4 Å². The van der Waals surface area contributed by atoms with Crippen LogP contribution in [0.2, 0.25) is 0 Å². The molecule has 0 bridgehead atoms. The molecule has 3 heterocycles. The standard InChI is InChI=1S/C13H21N3O2/c1-2-11(17-7-1)8-12-15-13(18-16-12)4-3-10-5-6-14-9-10/h10-11,14H,1-9H2. The molecule has 1 N–H and O–H groups in total. The number of hydrogen-bond acceptors (Lipinski definition) is 5. The van der Waals surface area contributed by atoms with Gasteiger partial charge in [-0.1, -0.05) is 5.16 Å². The molecule has 2 aliphatic rings. The highest BCUT2D eigenvalue weighted by atomic mass is 16.5. The van der Waals surface area contributed by atoms with Crippen molar-refractivity contribution in [3.05, 3.63) is 11.7 Å². The molecule has 0 aliphatic carbocycles. The molecular formula is C13H21N3O2. The van der Waals surface area contributed by atoms with E-state index in [2.05, 4.69) is 15.5 Å². The third-order valence-electron chi connectivity index (χ3n) is 3.87. The minimum Gasteiger partial charge on any atom is -0.378 e.